The maximum atomic E-state index is 13.1. The van der Waals surface area contributed by atoms with Crippen LogP contribution in [0.25, 0.3) is 0 Å². The summed E-state index contributed by atoms with van der Waals surface area (Å²) >= 11 is 18.6. The van der Waals surface area contributed by atoms with Gasteiger partial charge in [-0.05, 0) is 60.6 Å². The molecule has 0 radical (unpaired) electrons. The number of fused-ring (bicyclic) bond motifs is 1. The lowest BCUT2D eigenvalue weighted by Gasteiger charge is -2.25. The van der Waals surface area contributed by atoms with Gasteiger partial charge in [-0.25, -0.2) is 5.01 Å². The molecule has 3 aliphatic rings. The summed E-state index contributed by atoms with van der Waals surface area (Å²) in [5.74, 6) is 1.26. The van der Waals surface area contributed by atoms with Crippen LogP contribution in [0.5, 0.6) is 0 Å². The SMILES string of the molecule is O=C(NN1CC2CCCC2C1)C1=NN(c2ccc(Cl)cc2Cl)[C@@H](c2ccc(Cl)cc2)C1. The molecule has 2 fully saturated rings. The van der Waals surface area contributed by atoms with Crippen LogP contribution in [0.2, 0.25) is 15.1 Å². The van der Waals surface area contributed by atoms with Gasteiger partial charge in [0.05, 0.1) is 16.8 Å². The van der Waals surface area contributed by atoms with E-state index in [2.05, 4.69) is 10.4 Å². The number of hydrazone groups is 1. The standard InChI is InChI=1S/C23H23Cl3N4O/c24-17-6-4-14(5-7-17)22-11-20(27-30(22)21-9-8-18(25)10-19(21)26)23(31)28-29-12-15-2-1-3-16(15)13-29/h4-10,15-16,22H,1-3,11-13H2,(H,28,31)/t15?,16?,22-/m1/s1. The van der Waals surface area contributed by atoms with E-state index in [1.807, 2.05) is 35.3 Å². The quantitative estimate of drug-likeness (QED) is 0.613. The second-order valence-electron chi connectivity index (χ2n) is 8.56. The van der Waals surface area contributed by atoms with Crippen molar-refractivity contribution in [3.8, 4) is 0 Å². The third-order valence-electron chi connectivity index (χ3n) is 6.57. The Bertz CT molecular complexity index is 1010. The summed E-state index contributed by atoms with van der Waals surface area (Å²) in [6.07, 6.45) is 4.31. The van der Waals surface area contributed by atoms with E-state index in [4.69, 9.17) is 39.9 Å². The number of benzene rings is 2. The summed E-state index contributed by atoms with van der Waals surface area (Å²) in [5, 5.41) is 10.3. The van der Waals surface area contributed by atoms with Crippen LogP contribution < -0.4 is 10.4 Å². The predicted molar refractivity (Wildman–Crippen MR) is 126 cm³/mol. The smallest absolute Gasteiger partial charge is 0.281 e. The van der Waals surface area contributed by atoms with Crippen LogP contribution in [0.4, 0.5) is 5.69 Å². The first kappa shape index (κ1) is 21.1. The number of hydrazine groups is 1. The number of hydrogen-bond donors (Lipinski definition) is 1. The zero-order chi connectivity index (χ0) is 21.5. The first-order valence-electron chi connectivity index (χ1n) is 10.6. The minimum absolute atomic E-state index is 0.147. The lowest BCUT2D eigenvalue weighted by Crippen LogP contribution is -2.44. The Hall–Kier alpha value is -1.79. The molecule has 0 bridgehead atoms. The highest BCUT2D eigenvalue weighted by Gasteiger charge is 2.38. The molecular formula is C23H23Cl3N4O. The fourth-order valence-corrected chi connectivity index (χ4v) is 5.64. The van der Waals surface area contributed by atoms with Crippen LogP contribution in [0, 0.1) is 11.8 Å². The van der Waals surface area contributed by atoms with Gasteiger partial charge < -0.3 is 0 Å². The summed E-state index contributed by atoms with van der Waals surface area (Å²) in [5.41, 5.74) is 5.30. The first-order chi connectivity index (χ1) is 15.0. The molecule has 0 spiro atoms. The second kappa shape index (κ2) is 8.62. The normalized spacial score (nSPS) is 25.6. The number of nitrogens with zero attached hydrogens (tertiary/aromatic N) is 3. The minimum Gasteiger partial charge on any atom is -0.284 e. The van der Waals surface area contributed by atoms with Crippen LogP contribution in [0.15, 0.2) is 47.6 Å². The third kappa shape index (κ3) is 4.29. The van der Waals surface area contributed by atoms with Crippen molar-refractivity contribution in [1.82, 2.24) is 10.4 Å². The number of rotatable bonds is 4. The lowest BCUT2D eigenvalue weighted by atomic mass is 10.0. The van der Waals surface area contributed by atoms with Gasteiger partial charge in [0, 0.05) is 29.6 Å². The Morgan fingerprint density at radius 1 is 0.968 bits per heavy atom. The van der Waals surface area contributed by atoms with Crippen molar-refractivity contribution in [2.75, 3.05) is 18.1 Å². The topological polar surface area (TPSA) is 47.9 Å². The summed E-state index contributed by atoms with van der Waals surface area (Å²) < 4.78 is 0. The number of amides is 1. The van der Waals surface area contributed by atoms with Crippen LogP contribution in [-0.4, -0.2) is 29.7 Å². The molecule has 1 saturated carbocycles. The molecule has 0 aromatic heterocycles. The van der Waals surface area contributed by atoms with Crippen molar-refractivity contribution in [2.45, 2.75) is 31.7 Å². The zero-order valence-corrected chi connectivity index (χ0v) is 19.2. The average molecular weight is 478 g/mol. The molecule has 5 nitrogen and oxygen atoms in total. The van der Waals surface area contributed by atoms with Crippen molar-refractivity contribution in [1.29, 1.82) is 0 Å². The van der Waals surface area contributed by atoms with E-state index in [0.717, 1.165) is 18.7 Å². The zero-order valence-electron chi connectivity index (χ0n) is 16.9. The van der Waals surface area contributed by atoms with Gasteiger partial charge in [0.1, 0.15) is 5.71 Å². The Kier molecular flexibility index (Phi) is 5.86. The molecule has 8 heteroatoms. The summed E-state index contributed by atoms with van der Waals surface area (Å²) in [6, 6.07) is 12.8. The fraction of sp³-hybridized carbons (Fsp3) is 0.391. The number of carbonyl (C=O) groups excluding carboxylic acids is 1. The molecule has 1 aliphatic carbocycles. The first-order valence-corrected chi connectivity index (χ1v) is 11.7. The Morgan fingerprint density at radius 2 is 1.65 bits per heavy atom. The Morgan fingerprint density at radius 3 is 2.32 bits per heavy atom. The van der Waals surface area contributed by atoms with Crippen molar-refractivity contribution >= 4 is 52.1 Å². The highest BCUT2D eigenvalue weighted by Crippen LogP contribution is 2.40. The fourth-order valence-electron chi connectivity index (χ4n) is 5.02. The van der Waals surface area contributed by atoms with Gasteiger partial charge in [0.25, 0.3) is 5.91 Å². The van der Waals surface area contributed by atoms with E-state index in [1.54, 1.807) is 12.1 Å². The van der Waals surface area contributed by atoms with Crippen LogP contribution in [-0.2, 0) is 4.79 Å². The molecule has 1 amide bonds. The second-order valence-corrected chi connectivity index (χ2v) is 9.84. The largest absolute Gasteiger partial charge is 0.284 e. The molecule has 2 unspecified atom stereocenters. The van der Waals surface area contributed by atoms with E-state index in [1.165, 1.54) is 19.3 Å². The van der Waals surface area contributed by atoms with E-state index in [0.29, 0.717) is 44.7 Å². The molecule has 31 heavy (non-hydrogen) atoms. The van der Waals surface area contributed by atoms with E-state index < -0.39 is 0 Å². The number of carbonyl (C=O) groups is 1. The summed E-state index contributed by atoms with van der Waals surface area (Å²) in [4.78, 5) is 13.1. The highest BCUT2D eigenvalue weighted by atomic mass is 35.5. The van der Waals surface area contributed by atoms with Gasteiger partial charge in [0.2, 0.25) is 0 Å². The van der Waals surface area contributed by atoms with Crippen molar-refractivity contribution in [3.63, 3.8) is 0 Å². The molecule has 2 heterocycles. The monoisotopic (exact) mass is 476 g/mol. The van der Waals surface area contributed by atoms with Crippen LogP contribution >= 0.6 is 34.8 Å². The van der Waals surface area contributed by atoms with Gasteiger partial charge >= 0.3 is 0 Å². The lowest BCUT2D eigenvalue weighted by molar-refractivity contribution is -0.119. The van der Waals surface area contributed by atoms with E-state index in [-0.39, 0.29) is 11.9 Å². The Balaban J connectivity index is 1.39. The molecule has 5 rings (SSSR count). The van der Waals surface area contributed by atoms with Crippen LogP contribution in [0.1, 0.15) is 37.3 Å². The maximum Gasteiger partial charge on any atom is 0.281 e. The van der Waals surface area contributed by atoms with E-state index in [9.17, 15) is 4.79 Å². The number of anilines is 1. The molecule has 1 N–H and O–H groups in total. The van der Waals surface area contributed by atoms with Gasteiger partial charge in [0.15, 0.2) is 0 Å². The third-order valence-corrected chi connectivity index (χ3v) is 7.36. The van der Waals surface area contributed by atoms with E-state index >= 15 is 0 Å². The maximum absolute atomic E-state index is 13.1. The molecule has 2 aromatic rings. The molecule has 2 aliphatic heterocycles. The van der Waals surface area contributed by atoms with Crippen LogP contribution in [0.3, 0.4) is 0 Å². The molecule has 162 valence electrons. The van der Waals surface area contributed by atoms with Gasteiger partial charge in [-0.1, -0.05) is 53.4 Å². The summed E-state index contributed by atoms with van der Waals surface area (Å²) in [7, 11) is 0. The predicted octanol–water partition coefficient (Wildman–Crippen LogP) is 5.72. The average Bonchev–Trinajstić information content (AvgIpc) is 3.43. The van der Waals surface area contributed by atoms with Crippen molar-refractivity contribution in [3.05, 3.63) is 63.1 Å². The Labute approximate surface area is 196 Å². The molecule has 3 atom stereocenters. The van der Waals surface area contributed by atoms with Crippen molar-refractivity contribution < 1.29 is 4.79 Å². The van der Waals surface area contributed by atoms with Gasteiger partial charge in [-0.3, -0.25) is 15.2 Å². The number of halogens is 3. The highest BCUT2D eigenvalue weighted by molar-refractivity contribution is 6.40. The van der Waals surface area contributed by atoms with Gasteiger partial charge in [-0.2, -0.15) is 5.10 Å². The van der Waals surface area contributed by atoms with Crippen molar-refractivity contribution in [2.24, 2.45) is 16.9 Å². The summed E-state index contributed by atoms with van der Waals surface area (Å²) in [6.45, 7) is 1.86. The molecule has 1 saturated heterocycles. The minimum atomic E-state index is -0.158. The van der Waals surface area contributed by atoms with Gasteiger partial charge in [-0.15, -0.1) is 0 Å². The number of hydrogen-bond acceptors (Lipinski definition) is 4. The molecular weight excluding hydrogens is 455 g/mol. The molecule has 2 aromatic carbocycles. The number of nitrogens with one attached hydrogen (secondary N) is 1.